The number of hydrogen-bond acceptors (Lipinski definition) is 3. The molecule has 0 unspecified atom stereocenters. The Balaban J connectivity index is 1.89. The lowest BCUT2D eigenvalue weighted by Gasteiger charge is -2.10. The number of benzene rings is 2. The Morgan fingerprint density at radius 3 is 2.42 bits per heavy atom. The molecule has 0 aliphatic carbocycles. The molecule has 2 N–H and O–H groups in total. The first-order valence-corrected chi connectivity index (χ1v) is 8.15. The van der Waals surface area contributed by atoms with Crippen LogP contribution in [0.4, 0.5) is 11.4 Å². The molecule has 0 aliphatic rings. The molecule has 0 saturated heterocycles. The molecule has 1 amide bonds. The van der Waals surface area contributed by atoms with E-state index in [1.54, 1.807) is 18.2 Å². The summed E-state index contributed by atoms with van der Waals surface area (Å²) < 4.78 is 5.39. The fourth-order valence-electron chi connectivity index (χ4n) is 1.82. The van der Waals surface area contributed by atoms with E-state index in [0.29, 0.717) is 27.4 Å². The number of carbonyl (C=O) groups is 1. The molecule has 0 fully saturated rings. The summed E-state index contributed by atoms with van der Waals surface area (Å²) in [6, 6.07) is 10.2. The van der Waals surface area contributed by atoms with Crippen LogP contribution < -0.4 is 15.4 Å². The minimum atomic E-state index is -0.262. The standard InChI is InChI=1S/C17H15Cl3N2O2/c1-2-7-24-12-5-3-11(4-6-12)21-10-17(23)22-16-9-14(19)13(18)8-15(16)20/h2-6,8-9,21H,1,7,10H2,(H,22,23). The van der Waals surface area contributed by atoms with Gasteiger partial charge in [0.2, 0.25) is 5.91 Å². The van der Waals surface area contributed by atoms with Crippen molar-refractivity contribution in [3.05, 3.63) is 64.1 Å². The van der Waals surface area contributed by atoms with Gasteiger partial charge in [0.1, 0.15) is 12.4 Å². The number of anilines is 2. The van der Waals surface area contributed by atoms with Gasteiger partial charge >= 0.3 is 0 Å². The van der Waals surface area contributed by atoms with Crippen LogP contribution in [-0.4, -0.2) is 19.1 Å². The van der Waals surface area contributed by atoms with Crippen LogP contribution in [0, 0.1) is 0 Å². The average molecular weight is 386 g/mol. The van der Waals surface area contributed by atoms with Gasteiger partial charge in [-0.05, 0) is 36.4 Å². The van der Waals surface area contributed by atoms with E-state index in [9.17, 15) is 4.79 Å². The SMILES string of the molecule is C=CCOc1ccc(NCC(=O)Nc2cc(Cl)c(Cl)cc2Cl)cc1. The van der Waals surface area contributed by atoms with E-state index in [-0.39, 0.29) is 12.5 Å². The van der Waals surface area contributed by atoms with Gasteiger partial charge in [-0.25, -0.2) is 0 Å². The molecule has 2 aromatic rings. The molecule has 0 heterocycles. The monoisotopic (exact) mass is 384 g/mol. The van der Waals surface area contributed by atoms with Crippen molar-refractivity contribution in [2.45, 2.75) is 0 Å². The third-order valence-corrected chi connectivity index (χ3v) is 3.99. The minimum Gasteiger partial charge on any atom is -0.490 e. The van der Waals surface area contributed by atoms with Crippen molar-refractivity contribution in [3.63, 3.8) is 0 Å². The highest BCUT2D eigenvalue weighted by Gasteiger charge is 2.09. The largest absolute Gasteiger partial charge is 0.490 e. The third-order valence-electron chi connectivity index (χ3n) is 2.96. The van der Waals surface area contributed by atoms with Gasteiger partial charge in [-0.1, -0.05) is 47.5 Å². The highest BCUT2D eigenvalue weighted by Crippen LogP contribution is 2.32. The number of ether oxygens (including phenoxy) is 1. The van der Waals surface area contributed by atoms with Gasteiger partial charge in [-0.15, -0.1) is 0 Å². The van der Waals surface area contributed by atoms with Gasteiger partial charge in [0, 0.05) is 5.69 Å². The Morgan fingerprint density at radius 2 is 1.75 bits per heavy atom. The number of nitrogens with one attached hydrogen (secondary N) is 2. The molecule has 2 rings (SSSR count). The lowest BCUT2D eigenvalue weighted by Crippen LogP contribution is -2.21. The van der Waals surface area contributed by atoms with Crippen LogP contribution in [0.15, 0.2) is 49.1 Å². The zero-order chi connectivity index (χ0) is 17.5. The van der Waals surface area contributed by atoms with Gasteiger partial charge in [-0.3, -0.25) is 4.79 Å². The van der Waals surface area contributed by atoms with Crippen LogP contribution in [0.3, 0.4) is 0 Å². The molecule has 0 radical (unpaired) electrons. The zero-order valence-electron chi connectivity index (χ0n) is 12.6. The van der Waals surface area contributed by atoms with Gasteiger partial charge in [0.05, 0.1) is 27.3 Å². The second-order valence-corrected chi connectivity index (χ2v) is 5.99. The Kier molecular flexibility index (Phi) is 6.79. The Bertz CT molecular complexity index is 733. The summed E-state index contributed by atoms with van der Waals surface area (Å²) in [6.07, 6.45) is 1.67. The maximum Gasteiger partial charge on any atom is 0.243 e. The lowest BCUT2D eigenvalue weighted by atomic mass is 10.3. The summed E-state index contributed by atoms with van der Waals surface area (Å²) in [5.74, 6) is 0.467. The molecule has 2 aromatic carbocycles. The van der Waals surface area contributed by atoms with Gasteiger partial charge in [-0.2, -0.15) is 0 Å². The molecular weight excluding hydrogens is 371 g/mol. The number of halogens is 3. The Labute approximate surface area is 155 Å². The van der Waals surface area contributed by atoms with Gasteiger partial charge in [0.25, 0.3) is 0 Å². The van der Waals surface area contributed by atoms with E-state index in [1.165, 1.54) is 12.1 Å². The fraction of sp³-hybridized carbons (Fsp3) is 0.118. The molecule has 0 bridgehead atoms. The fourth-order valence-corrected chi connectivity index (χ4v) is 2.41. The van der Waals surface area contributed by atoms with E-state index in [1.807, 2.05) is 12.1 Å². The minimum absolute atomic E-state index is 0.0729. The number of amides is 1. The third kappa shape index (κ3) is 5.34. The summed E-state index contributed by atoms with van der Waals surface area (Å²) in [5, 5.41) is 6.65. The first-order valence-electron chi connectivity index (χ1n) is 7.01. The topological polar surface area (TPSA) is 50.4 Å². The summed E-state index contributed by atoms with van der Waals surface area (Å²) in [6.45, 7) is 4.10. The van der Waals surface area contributed by atoms with Crippen molar-refractivity contribution in [2.75, 3.05) is 23.8 Å². The summed E-state index contributed by atoms with van der Waals surface area (Å²) in [5.41, 5.74) is 1.20. The van der Waals surface area contributed by atoms with Crippen LogP contribution in [0.25, 0.3) is 0 Å². The van der Waals surface area contributed by atoms with Gasteiger partial charge in [0.15, 0.2) is 0 Å². The van der Waals surface area contributed by atoms with Crippen molar-refractivity contribution < 1.29 is 9.53 Å². The number of carbonyl (C=O) groups excluding carboxylic acids is 1. The van der Waals surface area contributed by atoms with Gasteiger partial charge < -0.3 is 15.4 Å². The van der Waals surface area contributed by atoms with E-state index in [0.717, 1.165) is 11.4 Å². The average Bonchev–Trinajstić information content (AvgIpc) is 2.57. The molecule has 0 atom stereocenters. The molecule has 0 saturated carbocycles. The zero-order valence-corrected chi connectivity index (χ0v) is 14.9. The second-order valence-electron chi connectivity index (χ2n) is 4.77. The van der Waals surface area contributed by atoms with Crippen LogP contribution in [0.1, 0.15) is 0 Å². The van der Waals surface area contributed by atoms with Crippen LogP contribution in [-0.2, 0) is 4.79 Å². The second kappa shape index (κ2) is 8.83. The highest BCUT2D eigenvalue weighted by molar-refractivity contribution is 6.44. The number of rotatable bonds is 7. The summed E-state index contributed by atoms with van der Waals surface area (Å²) in [4.78, 5) is 12.0. The highest BCUT2D eigenvalue weighted by atomic mass is 35.5. The molecule has 4 nitrogen and oxygen atoms in total. The van der Waals surface area contributed by atoms with Crippen molar-refractivity contribution in [1.29, 1.82) is 0 Å². The van der Waals surface area contributed by atoms with Crippen molar-refractivity contribution in [2.24, 2.45) is 0 Å². The molecule has 0 spiro atoms. The summed E-state index contributed by atoms with van der Waals surface area (Å²) in [7, 11) is 0. The van der Waals surface area contributed by atoms with Crippen LogP contribution >= 0.6 is 34.8 Å². The predicted octanol–water partition coefficient (Wildman–Crippen LogP) is 5.26. The molecule has 126 valence electrons. The Hall–Kier alpha value is -1.88. The number of hydrogen-bond donors (Lipinski definition) is 2. The maximum absolute atomic E-state index is 12.0. The molecule has 7 heteroatoms. The van der Waals surface area contributed by atoms with E-state index >= 15 is 0 Å². The molecule has 0 aliphatic heterocycles. The molecule has 0 aromatic heterocycles. The van der Waals surface area contributed by atoms with E-state index in [4.69, 9.17) is 39.5 Å². The van der Waals surface area contributed by atoms with Crippen LogP contribution in [0.2, 0.25) is 15.1 Å². The smallest absolute Gasteiger partial charge is 0.243 e. The van der Waals surface area contributed by atoms with Crippen molar-refractivity contribution >= 4 is 52.1 Å². The first kappa shape index (κ1) is 18.5. The van der Waals surface area contributed by atoms with Crippen molar-refractivity contribution in [3.8, 4) is 5.75 Å². The lowest BCUT2D eigenvalue weighted by molar-refractivity contribution is -0.114. The van der Waals surface area contributed by atoms with E-state index < -0.39 is 0 Å². The summed E-state index contributed by atoms with van der Waals surface area (Å²) >= 11 is 17.8. The molecule has 24 heavy (non-hydrogen) atoms. The van der Waals surface area contributed by atoms with Crippen LogP contribution in [0.5, 0.6) is 5.75 Å². The van der Waals surface area contributed by atoms with E-state index in [2.05, 4.69) is 17.2 Å². The molecular formula is C17H15Cl3N2O2. The quantitative estimate of drug-likeness (QED) is 0.505. The predicted molar refractivity (Wildman–Crippen MR) is 101 cm³/mol. The Morgan fingerprint density at radius 1 is 1.08 bits per heavy atom. The normalized spacial score (nSPS) is 10.1. The van der Waals surface area contributed by atoms with Crippen molar-refractivity contribution in [1.82, 2.24) is 0 Å². The maximum atomic E-state index is 12.0. The first-order chi connectivity index (χ1) is 11.5.